The van der Waals surface area contributed by atoms with Crippen molar-refractivity contribution >= 4 is 0 Å². The molecule has 0 spiro atoms. The second kappa shape index (κ2) is 10.1. The molecule has 0 aromatic carbocycles. The summed E-state index contributed by atoms with van der Waals surface area (Å²) in [7, 11) is 0. The SMILES string of the molecule is C=C1CC[C@H](O)C=C1[C@@H](/C=C1\CCC[C@]2(C)[C@@H]([C@H](C)CCCC(C)C)CC[C@@H]12)OO. The topological polar surface area (TPSA) is 49.7 Å². The smallest absolute Gasteiger partial charge is 0.136 e. The minimum Gasteiger partial charge on any atom is -0.389 e. The van der Waals surface area contributed by atoms with Crippen molar-refractivity contribution in [3.63, 3.8) is 0 Å². The van der Waals surface area contributed by atoms with Crippen molar-refractivity contribution in [3.8, 4) is 0 Å². The van der Waals surface area contributed by atoms with Gasteiger partial charge < -0.3 is 5.11 Å². The number of rotatable bonds is 8. The van der Waals surface area contributed by atoms with E-state index in [1.807, 2.05) is 6.08 Å². The van der Waals surface area contributed by atoms with Crippen LogP contribution < -0.4 is 0 Å². The van der Waals surface area contributed by atoms with Gasteiger partial charge in [0, 0.05) is 0 Å². The molecular weight excluding hydrogens is 372 g/mol. The summed E-state index contributed by atoms with van der Waals surface area (Å²) in [6.45, 7) is 13.8. The van der Waals surface area contributed by atoms with E-state index in [9.17, 15) is 10.4 Å². The molecule has 0 heterocycles. The molecule has 0 aromatic heterocycles. The van der Waals surface area contributed by atoms with E-state index in [4.69, 9.17) is 4.89 Å². The van der Waals surface area contributed by atoms with Gasteiger partial charge >= 0.3 is 0 Å². The fraction of sp³-hybridized carbons (Fsp3) is 0.778. The van der Waals surface area contributed by atoms with Crippen LogP contribution in [-0.4, -0.2) is 22.6 Å². The summed E-state index contributed by atoms with van der Waals surface area (Å²) in [6, 6.07) is 0. The standard InChI is InChI=1S/C27H44O3/c1-18(2)8-6-9-20(4)24-13-14-25-21(10-7-15-27(24,25)5)16-26(30-29)23-17-22(28)12-11-19(23)3/h16-18,20,22,24-26,28-29H,3,6-15H2,1-2,4-5H3/b21-16+/t20-,22+,24-,25+,26-,27-/m1/s1. The molecule has 0 bridgehead atoms. The van der Waals surface area contributed by atoms with Crippen molar-refractivity contribution in [2.75, 3.05) is 0 Å². The predicted molar refractivity (Wildman–Crippen MR) is 124 cm³/mol. The van der Waals surface area contributed by atoms with Gasteiger partial charge in [-0.15, -0.1) is 0 Å². The first-order valence-corrected chi connectivity index (χ1v) is 12.3. The number of aliphatic hydroxyl groups is 1. The van der Waals surface area contributed by atoms with Crippen LogP contribution in [0.5, 0.6) is 0 Å². The van der Waals surface area contributed by atoms with Crippen LogP contribution in [0.4, 0.5) is 0 Å². The van der Waals surface area contributed by atoms with Gasteiger partial charge in [-0.25, -0.2) is 4.89 Å². The quantitative estimate of drug-likeness (QED) is 0.252. The molecule has 3 rings (SSSR count). The molecule has 0 aliphatic heterocycles. The van der Waals surface area contributed by atoms with Crippen molar-refractivity contribution in [1.82, 2.24) is 0 Å². The predicted octanol–water partition coefficient (Wildman–Crippen LogP) is 7.09. The Hall–Kier alpha value is -0.900. The molecular formula is C27H44O3. The monoisotopic (exact) mass is 416 g/mol. The molecule has 0 aromatic rings. The second-order valence-corrected chi connectivity index (χ2v) is 11.0. The van der Waals surface area contributed by atoms with E-state index >= 15 is 0 Å². The third kappa shape index (κ3) is 5.11. The zero-order chi connectivity index (χ0) is 21.9. The van der Waals surface area contributed by atoms with Crippen LogP contribution in [-0.2, 0) is 4.89 Å². The number of hydrogen-bond donors (Lipinski definition) is 2. The lowest BCUT2D eigenvalue weighted by Crippen LogP contribution is -2.36. The Kier molecular flexibility index (Phi) is 8.03. The van der Waals surface area contributed by atoms with Crippen LogP contribution in [0.3, 0.4) is 0 Å². The van der Waals surface area contributed by atoms with Gasteiger partial charge in [-0.3, -0.25) is 5.26 Å². The normalized spacial score (nSPS) is 35.4. The van der Waals surface area contributed by atoms with Crippen molar-refractivity contribution in [2.24, 2.45) is 29.1 Å². The maximum absolute atomic E-state index is 10.1. The van der Waals surface area contributed by atoms with E-state index in [0.29, 0.717) is 17.8 Å². The molecule has 3 nitrogen and oxygen atoms in total. The van der Waals surface area contributed by atoms with Gasteiger partial charge in [-0.2, -0.15) is 0 Å². The van der Waals surface area contributed by atoms with E-state index in [2.05, 4.69) is 40.3 Å². The fourth-order valence-electron chi connectivity index (χ4n) is 6.81. The second-order valence-electron chi connectivity index (χ2n) is 11.0. The van der Waals surface area contributed by atoms with Gasteiger partial charge in [0.05, 0.1) is 6.10 Å². The summed E-state index contributed by atoms with van der Waals surface area (Å²) in [4.78, 5) is 4.93. The van der Waals surface area contributed by atoms with E-state index < -0.39 is 12.2 Å². The summed E-state index contributed by atoms with van der Waals surface area (Å²) < 4.78 is 0. The first-order chi connectivity index (χ1) is 14.3. The van der Waals surface area contributed by atoms with Crippen LogP contribution in [0, 0.1) is 29.1 Å². The average Bonchev–Trinajstić information content (AvgIpc) is 3.05. The number of fused-ring (bicyclic) bond motifs is 1. The maximum atomic E-state index is 10.1. The Morgan fingerprint density at radius 1 is 1.20 bits per heavy atom. The van der Waals surface area contributed by atoms with Crippen molar-refractivity contribution in [3.05, 3.63) is 35.5 Å². The van der Waals surface area contributed by atoms with Crippen LogP contribution in [0.2, 0.25) is 0 Å². The molecule has 0 amide bonds. The van der Waals surface area contributed by atoms with E-state index in [-0.39, 0.29) is 0 Å². The third-order valence-electron chi connectivity index (χ3n) is 8.47. The molecule has 0 saturated heterocycles. The summed E-state index contributed by atoms with van der Waals surface area (Å²) in [5.41, 5.74) is 3.64. The van der Waals surface area contributed by atoms with Gasteiger partial charge in [0.2, 0.25) is 0 Å². The van der Waals surface area contributed by atoms with Crippen molar-refractivity contribution in [2.45, 2.75) is 104 Å². The first kappa shape index (κ1) is 23.8. The Labute approximate surface area is 184 Å². The molecule has 0 unspecified atom stereocenters. The third-order valence-corrected chi connectivity index (χ3v) is 8.47. The highest BCUT2D eigenvalue weighted by molar-refractivity contribution is 5.39. The summed E-state index contributed by atoms with van der Waals surface area (Å²) >= 11 is 0. The van der Waals surface area contributed by atoms with E-state index in [1.165, 1.54) is 50.5 Å². The Morgan fingerprint density at radius 3 is 2.67 bits per heavy atom. The number of aliphatic hydroxyl groups excluding tert-OH is 1. The van der Waals surface area contributed by atoms with Gasteiger partial charge in [0.25, 0.3) is 0 Å². The van der Waals surface area contributed by atoms with Gasteiger partial charge in [-0.05, 0) is 97.3 Å². The van der Waals surface area contributed by atoms with Crippen LogP contribution in [0.25, 0.3) is 0 Å². The minimum atomic E-state index is -0.507. The Bertz CT molecular complexity index is 661. The average molecular weight is 417 g/mol. The van der Waals surface area contributed by atoms with Gasteiger partial charge in [-0.1, -0.05) is 59.1 Å². The van der Waals surface area contributed by atoms with Crippen LogP contribution >= 0.6 is 0 Å². The molecule has 30 heavy (non-hydrogen) atoms. The van der Waals surface area contributed by atoms with Gasteiger partial charge in [0.15, 0.2) is 0 Å². The zero-order valence-electron chi connectivity index (χ0n) is 19.7. The number of allylic oxidation sites excluding steroid dienone is 1. The minimum absolute atomic E-state index is 0.360. The van der Waals surface area contributed by atoms with Crippen molar-refractivity contribution in [1.29, 1.82) is 0 Å². The zero-order valence-corrected chi connectivity index (χ0v) is 19.7. The number of hydrogen-bond acceptors (Lipinski definition) is 3. The van der Waals surface area contributed by atoms with Gasteiger partial charge in [0.1, 0.15) is 6.10 Å². The lowest BCUT2D eigenvalue weighted by atomic mass is 9.60. The largest absolute Gasteiger partial charge is 0.389 e. The van der Waals surface area contributed by atoms with Crippen LogP contribution in [0.1, 0.15) is 91.9 Å². The lowest BCUT2D eigenvalue weighted by Gasteiger charge is -2.44. The molecule has 3 aliphatic rings. The highest BCUT2D eigenvalue weighted by Gasteiger charge is 2.50. The molecule has 2 saturated carbocycles. The van der Waals surface area contributed by atoms with E-state index in [1.54, 1.807) is 0 Å². The molecule has 2 N–H and O–H groups in total. The Morgan fingerprint density at radius 2 is 1.97 bits per heavy atom. The summed E-state index contributed by atoms with van der Waals surface area (Å²) in [5, 5.41) is 19.8. The van der Waals surface area contributed by atoms with E-state index in [0.717, 1.165) is 41.7 Å². The highest BCUT2D eigenvalue weighted by atomic mass is 17.1. The molecule has 2 fully saturated rings. The molecule has 3 heteroatoms. The highest BCUT2D eigenvalue weighted by Crippen LogP contribution is 2.60. The molecule has 3 aliphatic carbocycles. The summed E-state index contributed by atoms with van der Waals surface area (Å²) in [6.07, 6.45) is 14.7. The summed E-state index contributed by atoms with van der Waals surface area (Å²) in [5.74, 6) is 2.95. The first-order valence-electron chi connectivity index (χ1n) is 12.3. The molecule has 6 atom stereocenters. The van der Waals surface area contributed by atoms with Crippen LogP contribution in [0.15, 0.2) is 35.5 Å². The fourth-order valence-corrected chi connectivity index (χ4v) is 6.81. The molecule has 170 valence electrons. The van der Waals surface area contributed by atoms with Crippen molar-refractivity contribution < 1.29 is 15.3 Å². The Balaban J connectivity index is 1.76. The lowest BCUT2D eigenvalue weighted by molar-refractivity contribution is -0.256. The maximum Gasteiger partial charge on any atom is 0.136 e. The molecule has 0 radical (unpaired) electrons.